The predicted octanol–water partition coefficient (Wildman–Crippen LogP) is -1.35. The van der Waals surface area contributed by atoms with Gasteiger partial charge in [0, 0.05) is 19.4 Å². The van der Waals surface area contributed by atoms with Gasteiger partial charge in [0.25, 0.3) is 5.91 Å². The second-order valence-corrected chi connectivity index (χ2v) is 4.21. The molecule has 0 aromatic heterocycles. The number of ether oxygens (including phenoxy) is 2. The van der Waals surface area contributed by atoms with Crippen LogP contribution in [0.25, 0.3) is 0 Å². The molecule has 19 heavy (non-hydrogen) atoms. The number of hydrazone groups is 1. The highest BCUT2D eigenvalue weighted by molar-refractivity contribution is 6.39. The standard InChI is InChI=1S/C11H15N3O5/c1-18-11(17)8-6-19-5-4-14(8)10(16)7-2-3-9(15)13-12-7/h8H,2-6H2,1H3,(H,13,15). The van der Waals surface area contributed by atoms with Gasteiger partial charge in [-0.1, -0.05) is 0 Å². The first kappa shape index (κ1) is 13.5. The van der Waals surface area contributed by atoms with E-state index in [0.29, 0.717) is 13.2 Å². The van der Waals surface area contributed by atoms with Crippen molar-refractivity contribution in [2.75, 3.05) is 26.9 Å². The summed E-state index contributed by atoms with van der Waals surface area (Å²) in [4.78, 5) is 36.3. The molecule has 0 aromatic rings. The fraction of sp³-hybridized carbons (Fsp3) is 0.636. The summed E-state index contributed by atoms with van der Waals surface area (Å²) in [6.07, 6.45) is 0.494. The van der Waals surface area contributed by atoms with E-state index in [1.165, 1.54) is 12.0 Å². The summed E-state index contributed by atoms with van der Waals surface area (Å²) in [5.41, 5.74) is 2.51. The normalized spacial score (nSPS) is 23.4. The van der Waals surface area contributed by atoms with Gasteiger partial charge in [0.2, 0.25) is 5.91 Å². The number of hydrogen-bond acceptors (Lipinski definition) is 6. The van der Waals surface area contributed by atoms with Gasteiger partial charge in [-0.2, -0.15) is 5.10 Å². The van der Waals surface area contributed by atoms with Crippen molar-refractivity contribution in [2.24, 2.45) is 5.10 Å². The van der Waals surface area contributed by atoms with Gasteiger partial charge >= 0.3 is 5.97 Å². The molecule has 0 bridgehead atoms. The van der Waals surface area contributed by atoms with E-state index in [9.17, 15) is 14.4 Å². The lowest BCUT2D eigenvalue weighted by Gasteiger charge is -2.34. The number of hydrogen-bond donors (Lipinski definition) is 1. The summed E-state index contributed by atoms with van der Waals surface area (Å²) in [6.45, 7) is 0.766. The van der Waals surface area contributed by atoms with Crippen LogP contribution in [0.2, 0.25) is 0 Å². The highest BCUT2D eigenvalue weighted by Gasteiger charge is 2.36. The van der Waals surface area contributed by atoms with Crippen LogP contribution in [0.3, 0.4) is 0 Å². The Morgan fingerprint density at radius 1 is 1.47 bits per heavy atom. The number of carbonyl (C=O) groups excluding carboxylic acids is 3. The first-order valence-electron chi connectivity index (χ1n) is 5.95. The SMILES string of the molecule is COC(=O)C1COCCN1C(=O)C1=NNC(=O)CC1. The molecule has 2 amide bonds. The molecular weight excluding hydrogens is 254 g/mol. The second kappa shape index (κ2) is 5.79. The van der Waals surface area contributed by atoms with Gasteiger partial charge in [0.1, 0.15) is 5.71 Å². The second-order valence-electron chi connectivity index (χ2n) is 4.21. The number of methoxy groups -OCH3 is 1. The molecule has 2 aliphatic heterocycles. The van der Waals surface area contributed by atoms with Gasteiger partial charge < -0.3 is 14.4 Å². The smallest absolute Gasteiger partial charge is 0.331 e. The van der Waals surface area contributed by atoms with Crippen LogP contribution in [0.5, 0.6) is 0 Å². The fourth-order valence-corrected chi connectivity index (χ4v) is 1.97. The Morgan fingerprint density at radius 3 is 2.89 bits per heavy atom. The van der Waals surface area contributed by atoms with Crippen LogP contribution in [0.1, 0.15) is 12.8 Å². The Kier molecular flexibility index (Phi) is 4.10. The van der Waals surface area contributed by atoms with Gasteiger partial charge in [-0.05, 0) is 0 Å². The topological polar surface area (TPSA) is 97.3 Å². The summed E-state index contributed by atoms with van der Waals surface area (Å²) >= 11 is 0. The van der Waals surface area contributed by atoms with Crippen LogP contribution in [0, 0.1) is 0 Å². The van der Waals surface area contributed by atoms with E-state index in [0.717, 1.165) is 0 Å². The predicted molar refractivity (Wildman–Crippen MR) is 63.1 cm³/mol. The molecular formula is C11H15N3O5. The maximum atomic E-state index is 12.3. The van der Waals surface area contributed by atoms with Crippen LogP contribution < -0.4 is 5.43 Å². The van der Waals surface area contributed by atoms with Crippen LogP contribution in [0.4, 0.5) is 0 Å². The van der Waals surface area contributed by atoms with Gasteiger partial charge in [-0.3, -0.25) is 9.59 Å². The van der Waals surface area contributed by atoms with Crippen molar-refractivity contribution in [3.63, 3.8) is 0 Å². The summed E-state index contributed by atoms with van der Waals surface area (Å²) in [5, 5.41) is 3.74. The van der Waals surface area contributed by atoms with Crippen LogP contribution in [-0.4, -0.2) is 61.3 Å². The largest absolute Gasteiger partial charge is 0.467 e. The van der Waals surface area contributed by atoms with E-state index in [-0.39, 0.29) is 37.0 Å². The molecule has 2 rings (SSSR count). The lowest BCUT2D eigenvalue weighted by molar-refractivity contribution is -0.158. The molecule has 2 aliphatic rings. The highest BCUT2D eigenvalue weighted by atomic mass is 16.5. The molecule has 1 unspecified atom stereocenters. The lowest BCUT2D eigenvalue weighted by Crippen LogP contribution is -2.55. The first-order chi connectivity index (χ1) is 9.13. The third kappa shape index (κ3) is 2.90. The van der Waals surface area contributed by atoms with Gasteiger partial charge in [0.15, 0.2) is 6.04 Å². The Morgan fingerprint density at radius 2 is 2.26 bits per heavy atom. The van der Waals surface area contributed by atoms with Crippen molar-refractivity contribution < 1.29 is 23.9 Å². The summed E-state index contributed by atoms with van der Waals surface area (Å²) in [7, 11) is 1.26. The molecule has 1 N–H and O–H groups in total. The number of morpholine rings is 1. The molecule has 0 radical (unpaired) electrons. The number of nitrogens with zero attached hydrogens (tertiary/aromatic N) is 2. The first-order valence-corrected chi connectivity index (χ1v) is 5.95. The molecule has 1 atom stereocenters. The number of amides is 2. The van der Waals surface area contributed by atoms with E-state index < -0.39 is 12.0 Å². The highest BCUT2D eigenvalue weighted by Crippen LogP contribution is 2.12. The molecule has 8 heteroatoms. The van der Waals surface area contributed by atoms with E-state index >= 15 is 0 Å². The van der Waals surface area contributed by atoms with Crippen molar-refractivity contribution >= 4 is 23.5 Å². The van der Waals surface area contributed by atoms with Crippen molar-refractivity contribution in [1.82, 2.24) is 10.3 Å². The number of rotatable bonds is 2. The average molecular weight is 269 g/mol. The molecule has 0 aromatic carbocycles. The van der Waals surface area contributed by atoms with Gasteiger partial charge in [-0.15, -0.1) is 0 Å². The molecule has 0 saturated carbocycles. The summed E-state index contributed by atoms with van der Waals surface area (Å²) in [5.74, 6) is -1.10. The van der Waals surface area contributed by atoms with E-state index in [2.05, 4.69) is 15.3 Å². The maximum absolute atomic E-state index is 12.3. The number of carbonyl (C=O) groups is 3. The van der Waals surface area contributed by atoms with Crippen LogP contribution >= 0.6 is 0 Å². The average Bonchev–Trinajstić information content (AvgIpc) is 2.46. The van der Waals surface area contributed by atoms with Crippen LogP contribution in [0.15, 0.2) is 5.10 Å². The van der Waals surface area contributed by atoms with Crippen LogP contribution in [-0.2, 0) is 23.9 Å². The molecule has 1 saturated heterocycles. The minimum absolute atomic E-state index is 0.109. The van der Waals surface area contributed by atoms with Gasteiger partial charge in [0.05, 0.1) is 20.3 Å². The van der Waals surface area contributed by atoms with E-state index in [4.69, 9.17) is 4.74 Å². The third-order valence-corrected chi connectivity index (χ3v) is 3.01. The number of esters is 1. The van der Waals surface area contributed by atoms with Gasteiger partial charge in [-0.25, -0.2) is 10.2 Å². The van der Waals surface area contributed by atoms with Crippen molar-refractivity contribution in [2.45, 2.75) is 18.9 Å². The van der Waals surface area contributed by atoms with Crippen molar-refractivity contribution in [1.29, 1.82) is 0 Å². The minimum Gasteiger partial charge on any atom is -0.467 e. The quantitative estimate of drug-likeness (QED) is 0.625. The minimum atomic E-state index is -0.758. The summed E-state index contributed by atoms with van der Waals surface area (Å²) in [6, 6.07) is -0.758. The zero-order chi connectivity index (χ0) is 13.8. The number of nitrogens with one attached hydrogen (secondary N) is 1. The summed E-state index contributed by atoms with van der Waals surface area (Å²) < 4.78 is 9.84. The Bertz CT molecular complexity index is 434. The molecule has 0 spiro atoms. The van der Waals surface area contributed by atoms with Crippen molar-refractivity contribution in [3.8, 4) is 0 Å². The van der Waals surface area contributed by atoms with Crippen molar-refractivity contribution in [3.05, 3.63) is 0 Å². The lowest BCUT2D eigenvalue weighted by atomic mass is 10.1. The third-order valence-electron chi connectivity index (χ3n) is 3.01. The Labute approximate surface area is 109 Å². The molecule has 8 nitrogen and oxygen atoms in total. The van der Waals surface area contributed by atoms with E-state index in [1.54, 1.807) is 0 Å². The maximum Gasteiger partial charge on any atom is 0.331 e. The molecule has 2 heterocycles. The Balaban J connectivity index is 2.11. The monoisotopic (exact) mass is 269 g/mol. The van der Waals surface area contributed by atoms with E-state index in [1.807, 2.05) is 0 Å². The zero-order valence-electron chi connectivity index (χ0n) is 10.5. The Hall–Kier alpha value is -1.96. The molecule has 1 fully saturated rings. The fourth-order valence-electron chi connectivity index (χ4n) is 1.97. The zero-order valence-corrected chi connectivity index (χ0v) is 10.5. The molecule has 104 valence electrons. The molecule has 0 aliphatic carbocycles.